The maximum absolute atomic E-state index is 14.0. The van der Waals surface area contributed by atoms with Gasteiger partial charge in [0.2, 0.25) is 0 Å². The molecule has 0 bridgehead atoms. The van der Waals surface area contributed by atoms with Crippen molar-refractivity contribution in [2.75, 3.05) is 0 Å². The third kappa shape index (κ3) is 5.83. The molecule has 0 radical (unpaired) electrons. The van der Waals surface area contributed by atoms with Crippen LogP contribution in [0.1, 0.15) is 54.2 Å². The van der Waals surface area contributed by atoms with Gasteiger partial charge < -0.3 is 14.7 Å². The third-order valence-corrected chi connectivity index (χ3v) is 7.12. The van der Waals surface area contributed by atoms with Gasteiger partial charge in [-0.3, -0.25) is 4.79 Å². The molecule has 0 saturated carbocycles. The van der Waals surface area contributed by atoms with Crippen LogP contribution in [0.5, 0.6) is 0 Å². The van der Waals surface area contributed by atoms with Gasteiger partial charge in [-0.05, 0) is 59.5 Å². The minimum Gasteiger partial charge on any atom is -0.480 e. The van der Waals surface area contributed by atoms with E-state index in [-0.39, 0.29) is 18.4 Å². The highest BCUT2D eigenvalue weighted by molar-refractivity contribution is 6.30. The van der Waals surface area contributed by atoms with Crippen molar-refractivity contribution in [3.8, 4) is 6.07 Å². The first kappa shape index (κ1) is 27.6. The van der Waals surface area contributed by atoms with E-state index in [1.54, 1.807) is 48.5 Å². The minimum atomic E-state index is -1.13. The van der Waals surface area contributed by atoms with Crippen molar-refractivity contribution < 1.29 is 23.8 Å². The van der Waals surface area contributed by atoms with Crippen LogP contribution in [0.15, 0.2) is 66.7 Å². The molecule has 0 spiro atoms. The Bertz CT molecular complexity index is 1360. The molecule has 4 atom stereocenters. The monoisotopic (exact) mass is 554 g/mol. The largest absolute Gasteiger partial charge is 0.480 e. The van der Waals surface area contributed by atoms with E-state index in [9.17, 15) is 24.3 Å². The molecule has 1 aliphatic rings. The second kappa shape index (κ2) is 12.0. The molecule has 1 saturated heterocycles. The maximum Gasteiger partial charge on any atom is 0.326 e. The van der Waals surface area contributed by atoms with Crippen molar-refractivity contribution in [3.63, 3.8) is 0 Å². The molecule has 0 aromatic heterocycles. The molecule has 196 valence electrons. The highest BCUT2D eigenvalue weighted by Gasteiger charge is 2.48. The number of nitriles is 1. The third-order valence-electron chi connectivity index (χ3n) is 6.62. The van der Waals surface area contributed by atoms with Gasteiger partial charge in [0.05, 0.1) is 17.7 Å². The average Bonchev–Trinajstić information content (AvgIpc) is 2.90. The van der Waals surface area contributed by atoms with E-state index in [2.05, 4.69) is 0 Å². The zero-order chi connectivity index (χ0) is 27.4. The number of rotatable bonds is 8. The van der Waals surface area contributed by atoms with Crippen molar-refractivity contribution in [2.45, 2.75) is 50.5 Å². The second-order valence-electron chi connectivity index (χ2n) is 9.10. The van der Waals surface area contributed by atoms with Gasteiger partial charge in [0.15, 0.2) is 0 Å². The summed E-state index contributed by atoms with van der Waals surface area (Å²) in [5.41, 5.74) is 1.86. The summed E-state index contributed by atoms with van der Waals surface area (Å²) in [4.78, 5) is 27.9. The molecule has 0 unspecified atom stereocenters. The molecule has 3 aromatic rings. The number of ether oxygens (including phenoxy) is 1. The van der Waals surface area contributed by atoms with Gasteiger partial charge in [-0.1, -0.05) is 66.9 Å². The SMILES string of the molecule is CCC[C@H](C(=O)O)N1C(=O)[C@H](Cc2ccc(F)cc2C#N)O[C@@H](c2ccc(Cl)cc2)[C@H]1c1ccc(Cl)cc1. The molecule has 1 fully saturated rings. The van der Waals surface area contributed by atoms with Gasteiger partial charge in [-0.25, -0.2) is 9.18 Å². The van der Waals surface area contributed by atoms with Gasteiger partial charge in [0.1, 0.15) is 24.1 Å². The Kier molecular flexibility index (Phi) is 8.68. The second-order valence-corrected chi connectivity index (χ2v) is 9.97. The highest BCUT2D eigenvalue weighted by atomic mass is 35.5. The minimum absolute atomic E-state index is 0.0333. The summed E-state index contributed by atoms with van der Waals surface area (Å²) < 4.78 is 20.2. The van der Waals surface area contributed by atoms with E-state index in [0.29, 0.717) is 33.2 Å². The number of benzene rings is 3. The lowest BCUT2D eigenvalue weighted by Crippen LogP contribution is -2.57. The van der Waals surface area contributed by atoms with Crippen LogP contribution in [0.25, 0.3) is 0 Å². The lowest BCUT2D eigenvalue weighted by molar-refractivity contribution is -0.184. The number of hydrogen-bond acceptors (Lipinski definition) is 4. The lowest BCUT2D eigenvalue weighted by atomic mass is 9.88. The summed E-state index contributed by atoms with van der Waals surface area (Å²) in [5.74, 6) is -2.23. The summed E-state index contributed by atoms with van der Waals surface area (Å²) in [6.07, 6.45) is -1.15. The number of halogens is 3. The summed E-state index contributed by atoms with van der Waals surface area (Å²) in [5, 5.41) is 20.7. The van der Waals surface area contributed by atoms with E-state index in [1.807, 2.05) is 13.0 Å². The Hall–Kier alpha value is -3.44. The molecule has 1 aliphatic heterocycles. The summed E-state index contributed by atoms with van der Waals surface area (Å²) in [6, 6.07) is 17.6. The predicted octanol–water partition coefficient (Wildman–Crippen LogP) is 6.51. The van der Waals surface area contributed by atoms with E-state index in [0.717, 1.165) is 6.07 Å². The number of aliphatic carboxylic acids is 1. The number of hydrogen-bond donors (Lipinski definition) is 1. The fraction of sp³-hybridized carbons (Fsp3) is 0.276. The Balaban J connectivity index is 1.87. The van der Waals surface area contributed by atoms with Crippen LogP contribution in [0.4, 0.5) is 4.39 Å². The molecule has 9 heteroatoms. The molecule has 6 nitrogen and oxygen atoms in total. The first-order valence-corrected chi connectivity index (χ1v) is 12.9. The highest BCUT2D eigenvalue weighted by Crippen LogP contribution is 2.44. The van der Waals surface area contributed by atoms with Crippen LogP contribution < -0.4 is 0 Å². The zero-order valence-electron chi connectivity index (χ0n) is 20.5. The number of carbonyl (C=O) groups excluding carboxylic acids is 1. The number of morpholine rings is 1. The molecule has 3 aromatic carbocycles. The quantitative estimate of drug-likeness (QED) is 0.342. The van der Waals surface area contributed by atoms with Crippen LogP contribution in [-0.2, 0) is 20.7 Å². The standard InChI is InChI=1S/C29H25Cl2FN2O4/c1-2-3-24(29(36)37)34-26(17-4-9-21(30)10-5-17)27(18-6-11-22(31)12-7-18)38-25(28(34)35)15-19-8-13-23(32)14-20(19)16-33/h4-14,24-27H,2-3,15H2,1H3,(H,36,37)/t24-,25+,26-,27+/m1/s1. The van der Waals surface area contributed by atoms with Crippen molar-refractivity contribution in [1.29, 1.82) is 5.26 Å². The number of carboxylic acids is 1. The molecule has 1 heterocycles. The molecular formula is C29H25Cl2FN2O4. The van der Waals surface area contributed by atoms with Crippen molar-refractivity contribution >= 4 is 35.1 Å². The molecular weight excluding hydrogens is 530 g/mol. The van der Waals surface area contributed by atoms with Crippen LogP contribution >= 0.6 is 23.2 Å². The van der Waals surface area contributed by atoms with Crippen LogP contribution in [0.3, 0.4) is 0 Å². The normalized spacial score (nSPS) is 20.1. The van der Waals surface area contributed by atoms with Crippen molar-refractivity contribution in [2.24, 2.45) is 0 Å². The van der Waals surface area contributed by atoms with Gasteiger partial charge >= 0.3 is 5.97 Å². The van der Waals surface area contributed by atoms with Gasteiger partial charge in [-0.2, -0.15) is 5.26 Å². The Morgan fingerprint density at radius 3 is 2.24 bits per heavy atom. The fourth-order valence-corrected chi connectivity index (χ4v) is 5.09. The molecule has 38 heavy (non-hydrogen) atoms. The van der Waals surface area contributed by atoms with Gasteiger partial charge in [0.25, 0.3) is 5.91 Å². The van der Waals surface area contributed by atoms with E-state index in [4.69, 9.17) is 27.9 Å². The number of carbonyl (C=O) groups is 2. The van der Waals surface area contributed by atoms with Crippen LogP contribution in [0, 0.1) is 17.1 Å². The number of nitrogens with zero attached hydrogens (tertiary/aromatic N) is 2. The Morgan fingerprint density at radius 1 is 1.08 bits per heavy atom. The van der Waals surface area contributed by atoms with Crippen molar-refractivity contribution in [3.05, 3.63) is 105 Å². The van der Waals surface area contributed by atoms with E-state index < -0.39 is 42.0 Å². The number of amides is 1. The van der Waals surface area contributed by atoms with Crippen LogP contribution in [-0.4, -0.2) is 34.0 Å². The average molecular weight is 555 g/mol. The molecule has 0 aliphatic carbocycles. The molecule has 1 N–H and O–H groups in total. The number of carboxylic acid groups (broad SMARTS) is 1. The van der Waals surface area contributed by atoms with Gasteiger partial charge in [-0.15, -0.1) is 0 Å². The first-order valence-electron chi connectivity index (χ1n) is 12.1. The zero-order valence-corrected chi connectivity index (χ0v) is 22.0. The summed E-state index contributed by atoms with van der Waals surface area (Å²) in [7, 11) is 0. The van der Waals surface area contributed by atoms with E-state index >= 15 is 0 Å². The van der Waals surface area contributed by atoms with Crippen molar-refractivity contribution in [1.82, 2.24) is 4.90 Å². The summed E-state index contributed by atoms with van der Waals surface area (Å²) >= 11 is 12.3. The maximum atomic E-state index is 14.0. The topological polar surface area (TPSA) is 90.6 Å². The Morgan fingerprint density at radius 2 is 1.68 bits per heavy atom. The Labute approximate surface area is 230 Å². The fourth-order valence-electron chi connectivity index (χ4n) is 4.84. The molecule has 4 rings (SSSR count). The first-order chi connectivity index (χ1) is 18.2. The lowest BCUT2D eigenvalue weighted by Gasteiger charge is -2.47. The predicted molar refractivity (Wildman–Crippen MR) is 141 cm³/mol. The van der Waals surface area contributed by atoms with Gasteiger partial charge in [0, 0.05) is 16.5 Å². The smallest absolute Gasteiger partial charge is 0.326 e. The molecule has 1 amide bonds. The van der Waals surface area contributed by atoms with Crippen LogP contribution in [0.2, 0.25) is 10.0 Å². The van der Waals surface area contributed by atoms with E-state index in [1.165, 1.54) is 17.0 Å². The summed E-state index contributed by atoms with van der Waals surface area (Å²) in [6.45, 7) is 1.85.